The Morgan fingerprint density at radius 1 is 1.17 bits per heavy atom. The van der Waals surface area contributed by atoms with Crippen molar-refractivity contribution < 1.29 is 0 Å². The highest BCUT2D eigenvalue weighted by atomic mass is 15.2. The van der Waals surface area contributed by atoms with E-state index in [2.05, 4.69) is 67.8 Å². The molecule has 1 aromatic rings. The first-order chi connectivity index (χ1) is 11.7. The Kier molecular flexibility index (Phi) is 5.15. The summed E-state index contributed by atoms with van der Waals surface area (Å²) in [6.45, 7) is 6.37. The molecule has 2 aliphatic rings. The number of likely N-dealkylation sites (N-methyl/N-ethyl adjacent to an activating group) is 1. The molecule has 1 aliphatic heterocycles. The van der Waals surface area contributed by atoms with Gasteiger partial charge in [0, 0.05) is 50.7 Å². The predicted octanol–water partition coefficient (Wildman–Crippen LogP) is 1.86. The quantitative estimate of drug-likeness (QED) is 0.881. The largest absolute Gasteiger partial charge is 0.373 e. The van der Waals surface area contributed by atoms with Crippen LogP contribution in [0.25, 0.3) is 0 Å². The van der Waals surface area contributed by atoms with E-state index in [1.807, 2.05) is 20.2 Å². The molecule has 1 unspecified atom stereocenters. The van der Waals surface area contributed by atoms with E-state index in [4.69, 9.17) is 0 Å². The van der Waals surface area contributed by atoms with Crippen LogP contribution in [-0.2, 0) is 0 Å². The van der Waals surface area contributed by atoms with E-state index < -0.39 is 0 Å². The summed E-state index contributed by atoms with van der Waals surface area (Å²) in [4.78, 5) is 13.7. The number of rotatable bonds is 4. The van der Waals surface area contributed by atoms with Gasteiger partial charge >= 0.3 is 0 Å². The van der Waals surface area contributed by atoms with Crippen LogP contribution in [0.3, 0.4) is 0 Å². The molecule has 128 valence electrons. The second kappa shape index (κ2) is 7.49. The number of anilines is 2. The van der Waals surface area contributed by atoms with Gasteiger partial charge in [0.05, 0.1) is 6.04 Å². The van der Waals surface area contributed by atoms with Crippen molar-refractivity contribution in [3.8, 4) is 0 Å². The normalized spacial score (nSPS) is 21.4. The van der Waals surface area contributed by atoms with Crippen LogP contribution >= 0.6 is 0 Å². The third kappa shape index (κ3) is 3.94. The van der Waals surface area contributed by atoms with Gasteiger partial charge < -0.3 is 20.4 Å². The molecule has 1 aliphatic carbocycles. The molecule has 6 nitrogen and oxygen atoms in total. The van der Waals surface area contributed by atoms with Gasteiger partial charge in [-0.25, -0.2) is 4.98 Å². The molecular weight excluding hydrogens is 300 g/mol. The fraction of sp³-hybridized carbons (Fsp3) is 0.444. The van der Waals surface area contributed by atoms with Crippen molar-refractivity contribution >= 4 is 11.8 Å². The fourth-order valence-corrected chi connectivity index (χ4v) is 2.88. The van der Waals surface area contributed by atoms with Crippen LogP contribution < -0.4 is 10.6 Å². The molecule has 0 bridgehead atoms. The summed E-state index contributed by atoms with van der Waals surface area (Å²) in [5, 5.41) is 6.45. The van der Waals surface area contributed by atoms with Gasteiger partial charge in [0.25, 0.3) is 0 Å². The van der Waals surface area contributed by atoms with Gasteiger partial charge in [-0.1, -0.05) is 18.2 Å². The SMILES string of the molecule is CNc1nc(NC2C=CC=C(N3CCN(C)CC3)C=C2)ncc1C. The van der Waals surface area contributed by atoms with Crippen LogP contribution in [0.5, 0.6) is 0 Å². The van der Waals surface area contributed by atoms with Crippen molar-refractivity contribution in [3.63, 3.8) is 0 Å². The predicted molar refractivity (Wildman–Crippen MR) is 99.2 cm³/mol. The van der Waals surface area contributed by atoms with Crippen molar-refractivity contribution in [2.75, 3.05) is 50.9 Å². The van der Waals surface area contributed by atoms with Gasteiger partial charge in [0.2, 0.25) is 5.95 Å². The maximum atomic E-state index is 4.50. The number of aryl methyl sites for hydroxylation is 1. The Labute approximate surface area is 144 Å². The lowest BCUT2D eigenvalue weighted by Gasteiger charge is -2.34. The molecule has 1 atom stereocenters. The second-order valence-corrected chi connectivity index (χ2v) is 6.27. The zero-order valence-corrected chi connectivity index (χ0v) is 14.7. The average Bonchev–Trinajstić information content (AvgIpc) is 2.83. The summed E-state index contributed by atoms with van der Waals surface area (Å²) in [5.74, 6) is 1.48. The van der Waals surface area contributed by atoms with Crippen LogP contribution in [0.1, 0.15) is 5.56 Å². The Morgan fingerprint density at radius 2 is 1.96 bits per heavy atom. The minimum Gasteiger partial charge on any atom is -0.373 e. The van der Waals surface area contributed by atoms with Crippen LogP contribution in [0.2, 0.25) is 0 Å². The lowest BCUT2D eigenvalue weighted by Crippen LogP contribution is -2.43. The van der Waals surface area contributed by atoms with E-state index in [9.17, 15) is 0 Å². The Bertz CT molecular complexity index is 655. The number of aromatic nitrogens is 2. The van der Waals surface area contributed by atoms with Crippen LogP contribution in [0.15, 0.2) is 42.3 Å². The first-order valence-corrected chi connectivity index (χ1v) is 8.44. The highest BCUT2D eigenvalue weighted by Crippen LogP contribution is 2.16. The fourth-order valence-electron chi connectivity index (χ4n) is 2.88. The molecule has 24 heavy (non-hydrogen) atoms. The third-order valence-corrected chi connectivity index (χ3v) is 4.43. The molecule has 2 heterocycles. The number of hydrogen-bond acceptors (Lipinski definition) is 6. The van der Waals surface area contributed by atoms with E-state index in [0.29, 0.717) is 5.95 Å². The Hall–Kier alpha value is -2.34. The zero-order chi connectivity index (χ0) is 16.9. The van der Waals surface area contributed by atoms with Gasteiger partial charge in [-0.05, 0) is 26.1 Å². The first-order valence-electron chi connectivity index (χ1n) is 8.44. The molecule has 0 spiro atoms. The average molecular weight is 326 g/mol. The summed E-state index contributed by atoms with van der Waals surface area (Å²) in [7, 11) is 4.05. The number of nitrogens with zero attached hydrogens (tertiary/aromatic N) is 4. The summed E-state index contributed by atoms with van der Waals surface area (Å²) in [6, 6.07) is 0.0821. The Balaban J connectivity index is 1.64. The first kappa shape index (κ1) is 16.5. The van der Waals surface area contributed by atoms with Crippen molar-refractivity contribution in [1.82, 2.24) is 19.8 Å². The standard InChI is InChI=1S/C18H26N6/c1-14-13-20-18(22-17(14)19-2)21-15-5-4-6-16(8-7-15)24-11-9-23(3)10-12-24/h4-8,13,15H,9-12H2,1-3H3,(H2,19,20,21,22). The van der Waals surface area contributed by atoms with Gasteiger partial charge in [-0.15, -0.1) is 0 Å². The summed E-state index contributed by atoms with van der Waals surface area (Å²) < 4.78 is 0. The number of nitrogens with one attached hydrogen (secondary N) is 2. The topological polar surface area (TPSA) is 56.3 Å². The summed E-state index contributed by atoms with van der Waals surface area (Å²) in [6.07, 6.45) is 12.6. The van der Waals surface area contributed by atoms with Crippen molar-refractivity contribution in [3.05, 3.63) is 47.8 Å². The van der Waals surface area contributed by atoms with Gasteiger partial charge in [-0.2, -0.15) is 4.98 Å². The second-order valence-electron chi connectivity index (χ2n) is 6.27. The molecule has 6 heteroatoms. The lowest BCUT2D eigenvalue weighted by atomic mass is 10.2. The molecule has 1 aromatic heterocycles. The monoisotopic (exact) mass is 326 g/mol. The number of piperazine rings is 1. The highest BCUT2D eigenvalue weighted by Gasteiger charge is 2.15. The minimum absolute atomic E-state index is 0.0821. The summed E-state index contributed by atoms with van der Waals surface area (Å²) in [5.41, 5.74) is 2.30. The van der Waals surface area contributed by atoms with E-state index in [0.717, 1.165) is 37.6 Å². The highest BCUT2D eigenvalue weighted by molar-refractivity contribution is 5.47. The van der Waals surface area contributed by atoms with Crippen LogP contribution in [-0.4, -0.2) is 66.1 Å². The van der Waals surface area contributed by atoms with Crippen molar-refractivity contribution in [2.45, 2.75) is 13.0 Å². The smallest absolute Gasteiger partial charge is 0.225 e. The molecular formula is C18H26N6. The van der Waals surface area contributed by atoms with Gasteiger partial charge in [0.15, 0.2) is 0 Å². The maximum absolute atomic E-state index is 4.50. The molecule has 1 fully saturated rings. The van der Waals surface area contributed by atoms with Crippen molar-refractivity contribution in [1.29, 1.82) is 0 Å². The molecule has 0 amide bonds. The maximum Gasteiger partial charge on any atom is 0.225 e. The van der Waals surface area contributed by atoms with E-state index >= 15 is 0 Å². The minimum atomic E-state index is 0.0821. The lowest BCUT2D eigenvalue weighted by molar-refractivity contribution is 0.190. The molecule has 2 N–H and O–H groups in total. The van der Waals surface area contributed by atoms with E-state index in [1.54, 1.807) is 0 Å². The molecule has 3 rings (SSSR count). The number of hydrogen-bond donors (Lipinski definition) is 2. The molecule has 1 saturated heterocycles. The van der Waals surface area contributed by atoms with Gasteiger partial charge in [-0.3, -0.25) is 0 Å². The van der Waals surface area contributed by atoms with Crippen molar-refractivity contribution in [2.24, 2.45) is 0 Å². The van der Waals surface area contributed by atoms with Crippen LogP contribution in [0.4, 0.5) is 11.8 Å². The molecule has 0 radical (unpaired) electrons. The van der Waals surface area contributed by atoms with E-state index in [-0.39, 0.29) is 6.04 Å². The Morgan fingerprint density at radius 3 is 2.71 bits per heavy atom. The summed E-state index contributed by atoms with van der Waals surface area (Å²) >= 11 is 0. The molecule has 0 aromatic carbocycles. The molecule has 0 saturated carbocycles. The van der Waals surface area contributed by atoms with E-state index in [1.165, 1.54) is 5.70 Å². The zero-order valence-electron chi connectivity index (χ0n) is 14.7. The van der Waals surface area contributed by atoms with Crippen LogP contribution in [0, 0.1) is 6.92 Å². The number of allylic oxidation sites excluding steroid dienone is 3. The third-order valence-electron chi connectivity index (χ3n) is 4.43. The van der Waals surface area contributed by atoms with Gasteiger partial charge in [0.1, 0.15) is 5.82 Å².